The molecule has 1 aliphatic heterocycles. The quantitative estimate of drug-likeness (QED) is 0.915. The number of amides is 1. The van der Waals surface area contributed by atoms with Crippen LogP contribution in [0.3, 0.4) is 0 Å². The van der Waals surface area contributed by atoms with Gasteiger partial charge in [-0.3, -0.25) is 9.48 Å². The van der Waals surface area contributed by atoms with Crippen molar-refractivity contribution in [2.24, 2.45) is 7.05 Å². The molecule has 1 atom stereocenters. The minimum absolute atomic E-state index is 0.0936. The number of hydrogen-bond donors (Lipinski definition) is 1. The molecule has 5 nitrogen and oxygen atoms in total. The largest absolute Gasteiger partial charge is 0.480 e. The summed E-state index contributed by atoms with van der Waals surface area (Å²) in [5.41, 5.74) is 3.39. The molecule has 0 fully saturated rings. The molecule has 1 aromatic carbocycles. The van der Waals surface area contributed by atoms with E-state index in [2.05, 4.69) is 10.4 Å². The maximum absolute atomic E-state index is 12.5. The highest BCUT2D eigenvalue weighted by atomic mass is 16.5. The fourth-order valence-corrected chi connectivity index (χ4v) is 3.20. The first-order valence-corrected chi connectivity index (χ1v) is 7.32. The molecule has 1 aromatic heterocycles. The van der Waals surface area contributed by atoms with E-state index in [-0.39, 0.29) is 5.91 Å². The summed E-state index contributed by atoms with van der Waals surface area (Å²) in [6, 6.07) is 7.80. The normalized spacial score (nSPS) is 19.0. The molecule has 108 valence electrons. The van der Waals surface area contributed by atoms with E-state index in [1.54, 1.807) is 4.68 Å². The van der Waals surface area contributed by atoms with Gasteiger partial charge in [0.25, 0.3) is 5.91 Å². The highest BCUT2D eigenvalue weighted by Crippen LogP contribution is 2.31. The van der Waals surface area contributed by atoms with E-state index in [9.17, 15) is 4.79 Å². The zero-order chi connectivity index (χ0) is 14.4. The number of para-hydroxylation sites is 1. The van der Waals surface area contributed by atoms with Gasteiger partial charge in [-0.15, -0.1) is 0 Å². The lowest BCUT2D eigenvalue weighted by Gasteiger charge is -2.12. The molecule has 0 spiro atoms. The van der Waals surface area contributed by atoms with Crippen LogP contribution in [0.25, 0.3) is 0 Å². The number of hydrogen-bond acceptors (Lipinski definition) is 3. The first-order chi connectivity index (χ1) is 10.2. The number of fused-ring (bicyclic) bond motifs is 2. The second-order valence-corrected chi connectivity index (χ2v) is 5.66. The third-order valence-electron chi connectivity index (χ3n) is 4.25. The maximum Gasteiger partial charge on any atom is 0.266 e. The van der Waals surface area contributed by atoms with Gasteiger partial charge >= 0.3 is 0 Å². The van der Waals surface area contributed by atoms with Crippen molar-refractivity contribution >= 4 is 11.7 Å². The summed E-state index contributed by atoms with van der Waals surface area (Å²) in [7, 11) is 1.87. The Balaban J connectivity index is 1.53. The lowest BCUT2D eigenvalue weighted by Crippen LogP contribution is -2.32. The Bertz CT molecular complexity index is 695. The molecule has 2 aromatic rings. The van der Waals surface area contributed by atoms with Crippen LogP contribution in [0.2, 0.25) is 0 Å². The van der Waals surface area contributed by atoms with Crippen LogP contribution in [0, 0.1) is 0 Å². The predicted octanol–water partition coefficient (Wildman–Crippen LogP) is 1.85. The average molecular weight is 283 g/mol. The summed E-state index contributed by atoms with van der Waals surface area (Å²) in [6.07, 6.45) is 3.29. The molecule has 1 N–H and O–H groups in total. The van der Waals surface area contributed by atoms with Crippen LogP contribution in [0.15, 0.2) is 24.3 Å². The second-order valence-electron chi connectivity index (χ2n) is 5.66. The molecular formula is C16H17N3O2. The zero-order valence-corrected chi connectivity index (χ0v) is 11.9. The zero-order valence-electron chi connectivity index (χ0n) is 11.9. The summed E-state index contributed by atoms with van der Waals surface area (Å²) in [5.74, 6) is 1.55. The van der Waals surface area contributed by atoms with Crippen molar-refractivity contribution in [3.8, 4) is 5.75 Å². The first-order valence-electron chi connectivity index (χ1n) is 7.32. The molecule has 1 amide bonds. The van der Waals surface area contributed by atoms with Crippen LogP contribution in [-0.2, 0) is 31.1 Å². The van der Waals surface area contributed by atoms with Crippen molar-refractivity contribution in [1.29, 1.82) is 0 Å². The smallest absolute Gasteiger partial charge is 0.266 e. The van der Waals surface area contributed by atoms with Gasteiger partial charge in [-0.1, -0.05) is 18.2 Å². The summed E-state index contributed by atoms with van der Waals surface area (Å²) >= 11 is 0. The minimum atomic E-state index is -0.450. The SMILES string of the molecule is Cn1nc2c(c1NC(=O)[C@H]1Cc3ccccc3O1)CCC2. The predicted molar refractivity (Wildman–Crippen MR) is 78.4 cm³/mol. The number of carbonyl (C=O) groups is 1. The molecule has 1 aliphatic carbocycles. The number of carbonyl (C=O) groups excluding carboxylic acids is 1. The number of benzene rings is 1. The van der Waals surface area contributed by atoms with E-state index < -0.39 is 6.10 Å². The molecule has 0 bridgehead atoms. The molecule has 0 saturated carbocycles. The molecule has 0 unspecified atom stereocenters. The Morgan fingerprint density at radius 2 is 2.24 bits per heavy atom. The van der Waals surface area contributed by atoms with Gasteiger partial charge in [-0.2, -0.15) is 5.10 Å². The molecule has 2 aliphatic rings. The number of rotatable bonds is 2. The van der Waals surface area contributed by atoms with Gasteiger partial charge in [-0.05, 0) is 30.9 Å². The fraction of sp³-hybridized carbons (Fsp3) is 0.375. The van der Waals surface area contributed by atoms with Crippen LogP contribution in [-0.4, -0.2) is 21.8 Å². The Hall–Kier alpha value is -2.30. The van der Waals surface area contributed by atoms with Crippen molar-refractivity contribution in [1.82, 2.24) is 9.78 Å². The van der Waals surface area contributed by atoms with Crippen molar-refractivity contribution in [2.45, 2.75) is 31.8 Å². The highest BCUT2D eigenvalue weighted by molar-refractivity contribution is 5.95. The fourth-order valence-electron chi connectivity index (χ4n) is 3.20. The van der Waals surface area contributed by atoms with Crippen LogP contribution < -0.4 is 10.1 Å². The van der Waals surface area contributed by atoms with Crippen LogP contribution in [0.4, 0.5) is 5.82 Å². The topological polar surface area (TPSA) is 56.2 Å². The second kappa shape index (κ2) is 4.62. The number of aryl methyl sites for hydroxylation is 2. The van der Waals surface area contributed by atoms with Crippen LogP contribution >= 0.6 is 0 Å². The van der Waals surface area contributed by atoms with Gasteiger partial charge in [0.15, 0.2) is 6.10 Å². The summed E-state index contributed by atoms with van der Waals surface area (Å²) in [6.45, 7) is 0. The van der Waals surface area contributed by atoms with Crippen molar-refractivity contribution < 1.29 is 9.53 Å². The van der Waals surface area contributed by atoms with E-state index >= 15 is 0 Å². The first kappa shape index (κ1) is 12.4. The molecule has 21 heavy (non-hydrogen) atoms. The van der Waals surface area contributed by atoms with Gasteiger partial charge in [0, 0.05) is 19.0 Å². The van der Waals surface area contributed by atoms with E-state index in [0.29, 0.717) is 6.42 Å². The number of aromatic nitrogens is 2. The monoisotopic (exact) mass is 283 g/mol. The van der Waals surface area contributed by atoms with E-state index in [4.69, 9.17) is 4.74 Å². The molecule has 0 radical (unpaired) electrons. The van der Waals surface area contributed by atoms with Crippen LogP contribution in [0.1, 0.15) is 23.2 Å². The maximum atomic E-state index is 12.5. The van der Waals surface area contributed by atoms with E-state index in [1.807, 2.05) is 31.3 Å². The summed E-state index contributed by atoms with van der Waals surface area (Å²) in [5, 5.41) is 7.48. The van der Waals surface area contributed by atoms with Gasteiger partial charge in [0.05, 0.1) is 5.69 Å². The van der Waals surface area contributed by atoms with Gasteiger partial charge in [0.1, 0.15) is 11.6 Å². The molecule has 2 heterocycles. The van der Waals surface area contributed by atoms with Crippen molar-refractivity contribution in [2.75, 3.05) is 5.32 Å². The Morgan fingerprint density at radius 3 is 3.10 bits per heavy atom. The molecule has 5 heteroatoms. The third kappa shape index (κ3) is 2.00. The number of nitrogens with zero attached hydrogens (tertiary/aromatic N) is 2. The Morgan fingerprint density at radius 1 is 1.38 bits per heavy atom. The number of nitrogens with one attached hydrogen (secondary N) is 1. The lowest BCUT2D eigenvalue weighted by molar-refractivity contribution is -0.122. The Kier molecular flexibility index (Phi) is 2.74. The Labute approximate surface area is 122 Å². The number of ether oxygens (including phenoxy) is 1. The third-order valence-corrected chi connectivity index (χ3v) is 4.25. The van der Waals surface area contributed by atoms with Gasteiger partial charge in [0.2, 0.25) is 0 Å². The standard InChI is InChI=1S/C16H17N3O2/c1-19-15(11-6-4-7-12(11)18-19)17-16(20)14-9-10-5-2-3-8-13(10)21-14/h2-3,5,8,14H,4,6-7,9H2,1H3,(H,17,20)/t14-/m1/s1. The minimum Gasteiger partial charge on any atom is -0.480 e. The van der Waals surface area contributed by atoms with E-state index in [1.165, 1.54) is 5.56 Å². The lowest BCUT2D eigenvalue weighted by atomic mass is 10.1. The number of anilines is 1. The summed E-state index contributed by atoms with van der Waals surface area (Å²) < 4.78 is 7.50. The average Bonchev–Trinajstić information content (AvgIpc) is 3.15. The van der Waals surface area contributed by atoms with Gasteiger partial charge < -0.3 is 10.1 Å². The highest BCUT2D eigenvalue weighted by Gasteiger charge is 2.30. The summed E-state index contributed by atoms with van der Waals surface area (Å²) in [4.78, 5) is 12.5. The molecule has 4 rings (SSSR count). The van der Waals surface area contributed by atoms with Crippen LogP contribution in [0.5, 0.6) is 5.75 Å². The van der Waals surface area contributed by atoms with Crippen molar-refractivity contribution in [3.05, 3.63) is 41.1 Å². The molecular weight excluding hydrogens is 266 g/mol. The van der Waals surface area contributed by atoms with Gasteiger partial charge in [-0.25, -0.2) is 0 Å². The molecule has 0 saturated heterocycles. The van der Waals surface area contributed by atoms with E-state index in [0.717, 1.165) is 42.1 Å². The van der Waals surface area contributed by atoms with Crippen molar-refractivity contribution in [3.63, 3.8) is 0 Å².